The number of nitro benzene ring substituents is 1. The maximum Gasteiger partial charge on any atom is 0.327 e. The first-order chi connectivity index (χ1) is 13.3. The van der Waals surface area contributed by atoms with Gasteiger partial charge in [-0.3, -0.25) is 15.0 Å². The van der Waals surface area contributed by atoms with Gasteiger partial charge in [0.25, 0.3) is 0 Å². The van der Waals surface area contributed by atoms with E-state index in [9.17, 15) is 18.9 Å². The molecule has 1 aliphatic carbocycles. The van der Waals surface area contributed by atoms with E-state index in [4.69, 9.17) is 4.74 Å². The molecule has 0 radical (unpaired) electrons. The fourth-order valence-corrected chi connectivity index (χ4v) is 4.58. The van der Waals surface area contributed by atoms with Gasteiger partial charge in [0.2, 0.25) is 5.82 Å². The molecule has 28 heavy (non-hydrogen) atoms. The van der Waals surface area contributed by atoms with Crippen molar-refractivity contribution in [2.24, 2.45) is 0 Å². The van der Waals surface area contributed by atoms with Gasteiger partial charge in [0, 0.05) is 43.4 Å². The summed E-state index contributed by atoms with van der Waals surface area (Å²) in [6.45, 7) is 6.81. The minimum Gasteiger partial charge on any atom is -0.379 e. The fourth-order valence-electron chi connectivity index (χ4n) is 4.58. The molecule has 156 valence electrons. The minimum atomic E-state index is -1.15. The molecule has 0 bridgehead atoms. The van der Waals surface area contributed by atoms with E-state index in [2.05, 4.69) is 17.1 Å². The van der Waals surface area contributed by atoms with E-state index in [0.717, 1.165) is 64.3 Å². The maximum absolute atomic E-state index is 13.8. The number of nitrogens with zero attached hydrogens (tertiary/aromatic N) is 2. The predicted octanol–water partition coefficient (Wildman–Crippen LogP) is 4.49. The molecule has 1 saturated heterocycles. The van der Waals surface area contributed by atoms with Gasteiger partial charge in [0.15, 0.2) is 0 Å². The topological polar surface area (TPSA) is 67.6 Å². The van der Waals surface area contributed by atoms with Crippen molar-refractivity contribution in [2.45, 2.75) is 70.1 Å². The molecule has 8 heteroatoms. The number of nitro groups is 1. The van der Waals surface area contributed by atoms with Crippen molar-refractivity contribution in [1.29, 1.82) is 0 Å². The third-order valence-electron chi connectivity index (χ3n) is 6.24. The summed E-state index contributed by atoms with van der Waals surface area (Å²) >= 11 is 0. The van der Waals surface area contributed by atoms with Crippen molar-refractivity contribution < 1.29 is 18.4 Å². The molecule has 1 aliphatic heterocycles. The lowest BCUT2D eigenvalue weighted by Gasteiger charge is -2.48. The fraction of sp³-hybridized carbons (Fsp3) is 0.700. The zero-order valence-electron chi connectivity index (χ0n) is 16.5. The van der Waals surface area contributed by atoms with Crippen molar-refractivity contribution in [3.05, 3.63) is 33.9 Å². The van der Waals surface area contributed by atoms with Gasteiger partial charge in [0.05, 0.1) is 11.0 Å². The van der Waals surface area contributed by atoms with Crippen LogP contribution in [-0.2, 0) is 4.74 Å². The molecule has 0 amide bonds. The number of piperidine rings is 1. The van der Waals surface area contributed by atoms with Crippen LogP contribution in [0.5, 0.6) is 0 Å². The molecule has 1 aromatic rings. The second-order valence-electron chi connectivity index (χ2n) is 8.10. The van der Waals surface area contributed by atoms with Gasteiger partial charge in [0.1, 0.15) is 11.5 Å². The van der Waals surface area contributed by atoms with Crippen LogP contribution in [0, 0.1) is 21.7 Å². The summed E-state index contributed by atoms with van der Waals surface area (Å²) in [5.74, 6) is -1.97. The number of anilines is 1. The molecule has 0 unspecified atom stereocenters. The van der Waals surface area contributed by atoms with Crippen molar-refractivity contribution in [3.63, 3.8) is 0 Å². The van der Waals surface area contributed by atoms with Gasteiger partial charge in [-0.2, -0.15) is 4.39 Å². The summed E-state index contributed by atoms with van der Waals surface area (Å²) in [6, 6.07) is 1.51. The second-order valence-corrected chi connectivity index (χ2v) is 8.10. The molecular formula is C20H29F2N3O3. The zero-order chi connectivity index (χ0) is 20.3. The van der Waals surface area contributed by atoms with Crippen LogP contribution in [0.4, 0.5) is 20.2 Å². The molecule has 3 rings (SSSR count). The monoisotopic (exact) mass is 397 g/mol. The smallest absolute Gasteiger partial charge is 0.327 e. The van der Waals surface area contributed by atoms with Gasteiger partial charge in [-0.05, 0) is 52.4 Å². The minimum absolute atomic E-state index is 0.0421. The molecule has 1 heterocycles. The molecule has 1 aromatic carbocycles. The highest BCUT2D eigenvalue weighted by Crippen LogP contribution is 2.37. The van der Waals surface area contributed by atoms with E-state index in [1.54, 1.807) is 0 Å². The Morgan fingerprint density at radius 3 is 2.46 bits per heavy atom. The predicted molar refractivity (Wildman–Crippen MR) is 104 cm³/mol. The average molecular weight is 397 g/mol. The Hall–Kier alpha value is -1.80. The Kier molecular flexibility index (Phi) is 6.50. The number of hydrogen-bond donors (Lipinski definition) is 1. The van der Waals surface area contributed by atoms with E-state index in [1.165, 1.54) is 0 Å². The second kappa shape index (κ2) is 8.69. The lowest BCUT2D eigenvalue weighted by atomic mass is 9.79. The molecule has 1 saturated carbocycles. The van der Waals surface area contributed by atoms with Crippen LogP contribution in [-0.4, -0.2) is 47.2 Å². The Labute approximate surface area is 164 Å². The van der Waals surface area contributed by atoms with Crippen LogP contribution in [0.1, 0.15) is 52.4 Å². The zero-order valence-corrected chi connectivity index (χ0v) is 16.5. The van der Waals surface area contributed by atoms with Gasteiger partial charge in [-0.15, -0.1) is 0 Å². The molecule has 0 atom stereocenters. The van der Waals surface area contributed by atoms with Crippen LogP contribution < -0.4 is 5.32 Å². The van der Waals surface area contributed by atoms with Crippen LogP contribution in [0.25, 0.3) is 0 Å². The third-order valence-corrected chi connectivity index (χ3v) is 6.24. The Morgan fingerprint density at radius 1 is 1.25 bits per heavy atom. The highest BCUT2D eigenvalue weighted by molar-refractivity contribution is 5.62. The van der Waals surface area contributed by atoms with Crippen molar-refractivity contribution in [1.82, 2.24) is 4.90 Å². The first kappa shape index (κ1) is 20.9. The number of ether oxygens (including phenoxy) is 1. The summed E-state index contributed by atoms with van der Waals surface area (Å²) < 4.78 is 33.1. The lowest BCUT2D eigenvalue weighted by Crippen LogP contribution is -2.53. The Morgan fingerprint density at radius 2 is 1.89 bits per heavy atom. The molecule has 2 aliphatic rings. The number of likely N-dealkylation sites (tertiary alicyclic amines) is 1. The summed E-state index contributed by atoms with van der Waals surface area (Å²) in [7, 11) is 0. The molecular weight excluding hydrogens is 368 g/mol. The quantitative estimate of drug-likeness (QED) is 0.566. The van der Waals surface area contributed by atoms with E-state index < -0.39 is 22.2 Å². The number of benzene rings is 1. The first-order valence-electron chi connectivity index (χ1n) is 10.1. The van der Waals surface area contributed by atoms with Crippen molar-refractivity contribution in [2.75, 3.05) is 25.0 Å². The molecule has 0 spiro atoms. The van der Waals surface area contributed by atoms with E-state index in [1.807, 2.05) is 6.92 Å². The highest BCUT2D eigenvalue weighted by atomic mass is 19.1. The first-order valence-corrected chi connectivity index (χ1v) is 10.1. The van der Waals surface area contributed by atoms with E-state index in [-0.39, 0.29) is 17.3 Å². The van der Waals surface area contributed by atoms with E-state index >= 15 is 0 Å². The molecule has 0 aromatic heterocycles. The summed E-state index contributed by atoms with van der Waals surface area (Å²) in [5.41, 5.74) is -0.621. The number of hydrogen-bond acceptors (Lipinski definition) is 5. The van der Waals surface area contributed by atoms with Crippen LogP contribution in [0.3, 0.4) is 0 Å². The number of halogens is 2. The van der Waals surface area contributed by atoms with Gasteiger partial charge in [-0.25, -0.2) is 4.39 Å². The van der Waals surface area contributed by atoms with Gasteiger partial charge in [-0.1, -0.05) is 0 Å². The van der Waals surface area contributed by atoms with Crippen LogP contribution in [0.15, 0.2) is 12.1 Å². The van der Waals surface area contributed by atoms with Crippen LogP contribution >= 0.6 is 0 Å². The average Bonchev–Trinajstić information content (AvgIpc) is 2.63. The molecule has 1 N–H and O–H groups in total. The summed E-state index contributed by atoms with van der Waals surface area (Å²) in [4.78, 5) is 12.8. The summed E-state index contributed by atoms with van der Waals surface area (Å²) in [6.07, 6.45) is 6.24. The maximum atomic E-state index is 13.8. The normalized spacial score (nSPS) is 26.9. The molecule has 6 nitrogen and oxygen atoms in total. The largest absolute Gasteiger partial charge is 0.379 e. The summed E-state index contributed by atoms with van der Waals surface area (Å²) in [5, 5.41) is 14.2. The number of rotatable bonds is 6. The standard InChI is InChI=1S/C20H29F2N3O3/c1-3-28-16-4-8-20(2,9-5-16)24-10-6-15(7-11-24)23-18-13-14(21)12-17(22)19(18)25(26)27/h12-13,15-16,23H,3-11H2,1-2H3. The van der Waals surface area contributed by atoms with Crippen molar-refractivity contribution >= 4 is 11.4 Å². The Balaban J connectivity index is 1.59. The van der Waals surface area contributed by atoms with E-state index in [0.29, 0.717) is 12.2 Å². The highest BCUT2D eigenvalue weighted by Gasteiger charge is 2.38. The lowest BCUT2D eigenvalue weighted by molar-refractivity contribution is -0.386. The SMILES string of the molecule is CCOC1CCC(C)(N2CCC(Nc3cc(F)cc(F)c3[N+](=O)[O-])CC2)CC1. The van der Waals surface area contributed by atoms with Crippen molar-refractivity contribution in [3.8, 4) is 0 Å². The molecule has 2 fully saturated rings. The van der Waals surface area contributed by atoms with Gasteiger partial charge < -0.3 is 10.1 Å². The van der Waals surface area contributed by atoms with Crippen LogP contribution in [0.2, 0.25) is 0 Å². The van der Waals surface area contributed by atoms with Gasteiger partial charge >= 0.3 is 5.69 Å². The number of nitrogens with one attached hydrogen (secondary N) is 1. The third kappa shape index (κ3) is 4.60. The Bertz CT molecular complexity index is 700.